The molecular formula is C13H25N5O. The van der Waals surface area contributed by atoms with Gasteiger partial charge in [-0.15, -0.1) is 0 Å². The number of nitrogens with two attached hydrogens (primary N) is 1. The summed E-state index contributed by atoms with van der Waals surface area (Å²) in [6.45, 7) is 6.29. The van der Waals surface area contributed by atoms with E-state index in [1.165, 1.54) is 0 Å². The minimum absolute atomic E-state index is 0.166. The minimum Gasteiger partial charge on any atom is -0.383 e. The van der Waals surface area contributed by atoms with E-state index in [9.17, 15) is 0 Å². The van der Waals surface area contributed by atoms with E-state index in [4.69, 9.17) is 10.5 Å². The fraction of sp³-hybridized carbons (Fsp3) is 0.692. The summed E-state index contributed by atoms with van der Waals surface area (Å²) in [4.78, 5) is 10.5. The predicted octanol–water partition coefficient (Wildman–Crippen LogP) is 1.10. The Morgan fingerprint density at radius 2 is 2.16 bits per heavy atom. The molecule has 0 aliphatic rings. The van der Waals surface area contributed by atoms with Crippen LogP contribution in [0.3, 0.4) is 0 Å². The largest absolute Gasteiger partial charge is 0.383 e. The maximum Gasteiger partial charge on any atom is 0.133 e. The van der Waals surface area contributed by atoms with Gasteiger partial charge in [-0.2, -0.15) is 0 Å². The van der Waals surface area contributed by atoms with Gasteiger partial charge in [0, 0.05) is 38.9 Å². The fourth-order valence-electron chi connectivity index (χ4n) is 1.50. The Bertz CT molecular complexity index is 378. The van der Waals surface area contributed by atoms with Crippen LogP contribution in [0.2, 0.25) is 0 Å². The Kier molecular flexibility index (Phi) is 5.98. The molecule has 1 heterocycles. The molecule has 0 saturated heterocycles. The average Bonchev–Trinajstić information content (AvgIpc) is 2.36. The molecule has 19 heavy (non-hydrogen) atoms. The van der Waals surface area contributed by atoms with E-state index < -0.39 is 0 Å². The molecule has 1 aromatic heterocycles. The van der Waals surface area contributed by atoms with Gasteiger partial charge in [0.05, 0.1) is 6.61 Å². The highest BCUT2D eigenvalue weighted by Gasteiger charge is 2.12. The normalized spacial score (nSPS) is 11.4. The van der Waals surface area contributed by atoms with Crippen LogP contribution in [0.1, 0.15) is 20.3 Å². The summed E-state index contributed by atoms with van der Waals surface area (Å²) in [6.07, 6.45) is 2.47. The molecule has 0 bridgehead atoms. The number of nitrogens with one attached hydrogen (secondary N) is 1. The number of rotatable bonds is 8. The van der Waals surface area contributed by atoms with Crippen LogP contribution in [0.25, 0.3) is 0 Å². The summed E-state index contributed by atoms with van der Waals surface area (Å²) in [6, 6.07) is 1.93. The lowest BCUT2D eigenvalue weighted by molar-refractivity contribution is 0.210. The molecule has 0 atom stereocenters. The second kappa shape index (κ2) is 7.25. The van der Waals surface area contributed by atoms with Gasteiger partial charge in [0.15, 0.2) is 0 Å². The lowest BCUT2D eigenvalue weighted by Gasteiger charge is -2.24. The fourth-order valence-corrected chi connectivity index (χ4v) is 1.50. The van der Waals surface area contributed by atoms with Crippen molar-refractivity contribution in [3.63, 3.8) is 0 Å². The number of hydrogen-bond acceptors (Lipinski definition) is 6. The summed E-state index contributed by atoms with van der Waals surface area (Å²) in [5, 5.41) is 3.19. The molecule has 0 radical (unpaired) electrons. The second-order valence-electron chi connectivity index (χ2n) is 5.34. The van der Waals surface area contributed by atoms with Crippen molar-refractivity contribution in [1.82, 2.24) is 9.97 Å². The van der Waals surface area contributed by atoms with Crippen molar-refractivity contribution in [2.75, 3.05) is 44.1 Å². The van der Waals surface area contributed by atoms with Crippen LogP contribution in [0.4, 0.5) is 11.6 Å². The molecule has 0 amide bonds. The number of anilines is 2. The Labute approximate surface area is 115 Å². The third-order valence-electron chi connectivity index (χ3n) is 2.75. The van der Waals surface area contributed by atoms with Crippen molar-refractivity contribution in [1.29, 1.82) is 0 Å². The number of nitrogens with zero attached hydrogens (tertiary/aromatic N) is 3. The maximum atomic E-state index is 5.99. The Morgan fingerprint density at radius 3 is 2.79 bits per heavy atom. The van der Waals surface area contributed by atoms with Gasteiger partial charge in [-0.05, 0) is 20.3 Å². The molecule has 0 unspecified atom stereocenters. The number of ether oxygens (including phenoxy) is 1. The predicted molar refractivity (Wildman–Crippen MR) is 78.6 cm³/mol. The van der Waals surface area contributed by atoms with Crippen molar-refractivity contribution in [3.05, 3.63) is 12.4 Å². The highest BCUT2D eigenvalue weighted by Crippen LogP contribution is 2.14. The van der Waals surface area contributed by atoms with Gasteiger partial charge in [0.1, 0.15) is 18.0 Å². The molecule has 0 spiro atoms. The average molecular weight is 267 g/mol. The molecular weight excluding hydrogens is 242 g/mol. The van der Waals surface area contributed by atoms with Gasteiger partial charge in [-0.25, -0.2) is 9.97 Å². The van der Waals surface area contributed by atoms with E-state index >= 15 is 0 Å². The first-order chi connectivity index (χ1) is 8.92. The summed E-state index contributed by atoms with van der Waals surface area (Å²) in [7, 11) is 3.68. The SMILES string of the molecule is COCCNc1cc(N(C)CCC(C)(C)N)ncn1. The monoisotopic (exact) mass is 267 g/mol. The van der Waals surface area contributed by atoms with E-state index in [0.29, 0.717) is 6.61 Å². The lowest BCUT2D eigenvalue weighted by Crippen LogP contribution is -2.36. The third kappa shape index (κ3) is 6.35. The zero-order valence-electron chi connectivity index (χ0n) is 12.3. The van der Waals surface area contributed by atoms with Gasteiger partial charge >= 0.3 is 0 Å². The molecule has 1 rings (SSSR count). The van der Waals surface area contributed by atoms with Gasteiger partial charge < -0.3 is 20.7 Å². The smallest absolute Gasteiger partial charge is 0.133 e. The first-order valence-corrected chi connectivity index (χ1v) is 6.47. The van der Waals surface area contributed by atoms with E-state index in [2.05, 4.69) is 20.2 Å². The Hall–Kier alpha value is -1.40. The number of methoxy groups -OCH3 is 1. The number of hydrogen-bond donors (Lipinski definition) is 2. The molecule has 0 fully saturated rings. The second-order valence-corrected chi connectivity index (χ2v) is 5.34. The first kappa shape index (κ1) is 15.7. The minimum atomic E-state index is -0.166. The van der Waals surface area contributed by atoms with Crippen molar-refractivity contribution < 1.29 is 4.74 Å². The summed E-state index contributed by atoms with van der Waals surface area (Å²) < 4.78 is 4.99. The van der Waals surface area contributed by atoms with Crippen molar-refractivity contribution in [2.24, 2.45) is 5.73 Å². The van der Waals surface area contributed by atoms with Gasteiger partial charge in [-0.1, -0.05) is 0 Å². The molecule has 1 aromatic rings. The van der Waals surface area contributed by atoms with E-state index in [1.807, 2.05) is 27.0 Å². The van der Waals surface area contributed by atoms with E-state index in [0.717, 1.165) is 31.1 Å². The number of aromatic nitrogens is 2. The molecule has 6 nitrogen and oxygen atoms in total. The van der Waals surface area contributed by atoms with Crippen LogP contribution in [0.15, 0.2) is 12.4 Å². The van der Waals surface area contributed by atoms with Crippen LogP contribution in [-0.2, 0) is 4.74 Å². The van der Waals surface area contributed by atoms with E-state index in [-0.39, 0.29) is 5.54 Å². The van der Waals surface area contributed by atoms with E-state index in [1.54, 1.807) is 13.4 Å². The van der Waals surface area contributed by atoms with Crippen LogP contribution in [0, 0.1) is 0 Å². The molecule has 0 aromatic carbocycles. The van der Waals surface area contributed by atoms with Crippen LogP contribution in [0.5, 0.6) is 0 Å². The summed E-state index contributed by atoms with van der Waals surface area (Å²) in [5.41, 5.74) is 5.82. The topological polar surface area (TPSA) is 76.3 Å². The highest BCUT2D eigenvalue weighted by atomic mass is 16.5. The van der Waals surface area contributed by atoms with Crippen LogP contribution < -0.4 is 16.0 Å². The molecule has 3 N–H and O–H groups in total. The van der Waals surface area contributed by atoms with Crippen LogP contribution >= 0.6 is 0 Å². The molecule has 0 aliphatic heterocycles. The molecule has 0 aliphatic carbocycles. The van der Waals surface area contributed by atoms with Crippen molar-refractivity contribution in [2.45, 2.75) is 25.8 Å². The zero-order valence-corrected chi connectivity index (χ0v) is 12.3. The Balaban J connectivity index is 2.55. The summed E-state index contributed by atoms with van der Waals surface area (Å²) >= 11 is 0. The molecule has 6 heteroatoms. The quantitative estimate of drug-likeness (QED) is 0.687. The van der Waals surface area contributed by atoms with Gasteiger partial charge in [0.25, 0.3) is 0 Å². The zero-order chi connectivity index (χ0) is 14.3. The first-order valence-electron chi connectivity index (χ1n) is 6.47. The van der Waals surface area contributed by atoms with Gasteiger partial charge in [0.2, 0.25) is 0 Å². The molecule has 108 valence electrons. The third-order valence-corrected chi connectivity index (χ3v) is 2.75. The van der Waals surface area contributed by atoms with Gasteiger partial charge in [-0.3, -0.25) is 0 Å². The maximum absolute atomic E-state index is 5.99. The van der Waals surface area contributed by atoms with Crippen LogP contribution in [-0.4, -0.2) is 49.4 Å². The highest BCUT2D eigenvalue weighted by molar-refractivity contribution is 5.47. The van der Waals surface area contributed by atoms with Crippen molar-refractivity contribution >= 4 is 11.6 Å². The van der Waals surface area contributed by atoms with Crippen molar-refractivity contribution in [3.8, 4) is 0 Å². The lowest BCUT2D eigenvalue weighted by atomic mass is 10.0. The Morgan fingerprint density at radius 1 is 1.42 bits per heavy atom. The standard InChI is InChI=1S/C13H25N5O/c1-13(2,14)5-7-18(3)12-9-11(16-10-17-12)15-6-8-19-4/h9-10H,5-8,14H2,1-4H3,(H,15,16,17). The molecule has 0 saturated carbocycles. The summed E-state index contributed by atoms with van der Waals surface area (Å²) in [5.74, 6) is 1.69.